The van der Waals surface area contributed by atoms with Crippen molar-refractivity contribution in [2.45, 2.75) is 47.0 Å². The molecule has 0 aromatic carbocycles. The first-order valence-corrected chi connectivity index (χ1v) is 5.77. The minimum absolute atomic E-state index is 0.206. The largest absolute Gasteiger partial charge is 0.466 e. The summed E-state index contributed by atoms with van der Waals surface area (Å²) in [6, 6.07) is 0. The maximum atomic E-state index is 11.5. The molecule has 0 amide bonds. The number of esters is 2. The molecule has 0 saturated carbocycles. The van der Waals surface area contributed by atoms with Gasteiger partial charge in [-0.05, 0) is 40.5 Å². The van der Waals surface area contributed by atoms with Crippen LogP contribution in [0.2, 0.25) is 0 Å². The van der Waals surface area contributed by atoms with Gasteiger partial charge in [0.1, 0.15) is 0 Å². The lowest BCUT2D eigenvalue weighted by Gasteiger charge is -2.21. The van der Waals surface area contributed by atoms with Gasteiger partial charge in [-0.3, -0.25) is 9.59 Å². The van der Waals surface area contributed by atoms with E-state index in [1.165, 1.54) is 0 Å². The summed E-state index contributed by atoms with van der Waals surface area (Å²) >= 11 is 0. The molecule has 0 aliphatic carbocycles. The first kappa shape index (κ1) is 14.9. The van der Waals surface area contributed by atoms with Crippen LogP contribution in [0.1, 0.15) is 47.0 Å². The fourth-order valence-electron chi connectivity index (χ4n) is 1.34. The average Bonchev–Trinajstić information content (AvgIpc) is 2.18. The Morgan fingerprint density at radius 1 is 1.06 bits per heavy atom. The normalized spacial score (nSPS) is 11.0. The van der Waals surface area contributed by atoms with E-state index >= 15 is 0 Å². The number of rotatable bonds is 7. The van der Waals surface area contributed by atoms with Gasteiger partial charge in [0.2, 0.25) is 0 Å². The van der Waals surface area contributed by atoms with Crippen molar-refractivity contribution in [1.82, 2.24) is 0 Å². The molecule has 0 aliphatic rings. The Balaban J connectivity index is 3.90. The lowest BCUT2D eigenvalue weighted by atomic mass is 9.87. The standard InChI is InChI=1S/C12H22O4/c1-5-15-10(13)8-7-9-12(3,4)11(14)16-6-2/h5-9H2,1-4H3. The lowest BCUT2D eigenvalue weighted by Crippen LogP contribution is -2.26. The van der Waals surface area contributed by atoms with Crippen molar-refractivity contribution in [2.75, 3.05) is 13.2 Å². The second-order valence-electron chi connectivity index (χ2n) is 4.26. The Morgan fingerprint density at radius 2 is 1.62 bits per heavy atom. The van der Waals surface area contributed by atoms with E-state index < -0.39 is 5.41 Å². The molecule has 4 heteroatoms. The van der Waals surface area contributed by atoms with Gasteiger partial charge >= 0.3 is 11.9 Å². The summed E-state index contributed by atoms with van der Waals surface area (Å²) in [7, 11) is 0. The van der Waals surface area contributed by atoms with E-state index in [1.807, 2.05) is 13.8 Å². The van der Waals surface area contributed by atoms with Crippen LogP contribution in [-0.4, -0.2) is 25.2 Å². The Bertz CT molecular complexity index is 233. The molecule has 0 unspecified atom stereocenters. The SMILES string of the molecule is CCOC(=O)CCCC(C)(C)C(=O)OCC. The fourth-order valence-corrected chi connectivity index (χ4v) is 1.34. The van der Waals surface area contributed by atoms with E-state index in [4.69, 9.17) is 9.47 Å². The lowest BCUT2D eigenvalue weighted by molar-refractivity contribution is -0.154. The summed E-state index contributed by atoms with van der Waals surface area (Å²) in [5, 5.41) is 0. The highest BCUT2D eigenvalue weighted by molar-refractivity contribution is 5.76. The third-order valence-corrected chi connectivity index (χ3v) is 2.32. The summed E-state index contributed by atoms with van der Waals surface area (Å²) in [6.45, 7) is 8.01. The quantitative estimate of drug-likeness (QED) is 0.630. The molecule has 0 spiro atoms. The van der Waals surface area contributed by atoms with E-state index in [-0.39, 0.29) is 11.9 Å². The van der Waals surface area contributed by atoms with Gasteiger partial charge in [-0.1, -0.05) is 0 Å². The van der Waals surface area contributed by atoms with E-state index in [1.54, 1.807) is 13.8 Å². The maximum absolute atomic E-state index is 11.5. The van der Waals surface area contributed by atoms with Crippen LogP contribution < -0.4 is 0 Å². The minimum Gasteiger partial charge on any atom is -0.466 e. The first-order chi connectivity index (χ1) is 7.44. The molecule has 4 nitrogen and oxygen atoms in total. The number of ether oxygens (including phenoxy) is 2. The molecule has 16 heavy (non-hydrogen) atoms. The fraction of sp³-hybridized carbons (Fsp3) is 0.833. The van der Waals surface area contributed by atoms with Crippen LogP contribution >= 0.6 is 0 Å². The summed E-state index contributed by atoms with van der Waals surface area (Å²) in [4.78, 5) is 22.6. The van der Waals surface area contributed by atoms with Crippen LogP contribution in [0.15, 0.2) is 0 Å². The third-order valence-electron chi connectivity index (χ3n) is 2.32. The van der Waals surface area contributed by atoms with Crippen molar-refractivity contribution < 1.29 is 19.1 Å². The Labute approximate surface area is 97.3 Å². The van der Waals surface area contributed by atoms with E-state index in [0.717, 1.165) is 0 Å². The molecular formula is C12H22O4. The molecule has 0 N–H and O–H groups in total. The van der Waals surface area contributed by atoms with Crippen LogP contribution in [0.3, 0.4) is 0 Å². The van der Waals surface area contributed by atoms with E-state index in [9.17, 15) is 9.59 Å². The first-order valence-electron chi connectivity index (χ1n) is 5.77. The number of hydrogen-bond acceptors (Lipinski definition) is 4. The molecule has 0 radical (unpaired) electrons. The monoisotopic (exact) mass is 230 g/mol. The smallest absolute Gasteiger partial charge is 0.311 e. The minimum atomic E-state index is -0.525. The molecule has 0 heterocycles. The van der Waals surface area contributed by atoms with Crippen molar-refractivity contribution >= 4 is 11.9 Å². The molecule has 0 aliphatic heterocycles. The number of carbonyl (C=O) groups excluding carboxylic acids is 2. The highest BCUT2D eigenvalue weighted by atomic mass is 16.5. The summed E-state index contributed by atoms with van der Waals surface area (Å²) < 4.78 is 9.77. The van der Waals surface area contributed by atoms with Gasteiger partial charge in [0, 0.05) is 6.42 Å². The van der Waals surface area contributed by atoms with Crippen molar-refractivity contribution in [3.8, 4) is 0 Å². The van der Waals surface area contributed by atoms with Gasteiger partial charge in [-0.15, -0.1) is 0 Å². The second kappa shape index (κ2) is 7.25. The van der Waals surface area contributed by atoms with Gasteiger partial charge in [-0.2, -0.15) is 0 Å². The van der Waals surface area contributed by atoms with Gasteiger partial charge < -0.3 is 9.47 Å². The van der Waals surface area contributed by atoms with Crippen molar-refractivity contribution in [1.29, 1.82) is 0 Å². The van der Waals surface area contributed by atoms with Crippen molar-refractivity contribution in [2.24, 2.45) is 5.41 Å². The third kappa shape index (κ3) is 5.73. The molecule has 94 valence electrons. The zero-order chi connectivity index (χ0) is 12.6. The molecule has 0 saturated heterocycles. The van der Waals surface area contributed by atoms with Crippen LogP contribution in [-0.2, 0) is 19.1 Å². The molecule has 0 fully saturated rings. The van der Waals surface area contributed by atoms with Gasteiger partial charge in [-0.25, -0.2) is 0 Å². The van der Waals surface area contributed by atoms with Gasteiger partial charge in [0.25, 0.3) is 0 Å². The van der Waals surface area contributed by atoms with E-state index in [0.29, 0.717) is 32.5 Å². The Kier molecular flexibility index (Phi) is 6.77. The molecule has 0 bridgehead atoms. The predicted molar refractivity (Wildman–Crippen MR) is 60.9 cm³/mol. The van der Waals surface area contributed by atoms with E-state index in [2.05, 4.69) is 0 Å². The van der Waals surface area contributed by atoms with Gasteiger partial charge in [0.15, 0.2) is 0 Å². The van der Waals surface area contributed by atoms with Crippen molar-refractivity contribution in [3.63, 3.8) is 0 Å². The van der Waals surface area contributed by atoms with Gasteiger partial charge in [0.05, 0.1) is 18.6 Å². The highest BCUT2D eigenvalue weighted by Gasteiger charge is 2.28. The molecular weight excluding hydrogens is 208 g/mol. The van der Waals surface area contributed by atoms with Crippen LogP contribution in [0, 0.1) is 5.41 Å². The highest BCUT2D eigenvalue weighted by Crippen LogP contribution is 2.25. The van der Waals surface area contributed by atoms with Crippen LogP contribution in [0.4, 0.5) is 0 Å². The zero-order valence-electron chi connectivity index (χ0n) is 10.7. The van der Waals surface area contributed by atoms with Crippen LogP contribution in [0.5, 0.6) is 0 Å². The topological polar surface area (TPSA) is 52.6 Å². The second-order valence-corrected chi connectivity index (χ2v) is 4.26. The number of hydrogen-bond donors (Lipinski definition) is 0. The average molecular weight is 230 g/mol. The molecule has 0 aromatic heterocycles. The predicted octanol–water partition coefficient (Wildman–Crippen LogP) is 2.31. The molecule has 0 aromatic rings. The zero-order valence-corrected chi connectivity index (χ0v) is 10.7. The maximum Gasteiger partial charge on any atom is 0.311 e. The Morgan fingerprint density at radius 3 is 2.12 bits per heavy atom. The summed E-state index contributed by atoms with van der Waals surface area (Å²) in [5.74, 6) is -0.416. The molecule has 0 atom stereocenters. The summed E-state index contributed by atoms with van der Waals surface area (Å²) in [6.07, 6.45) is 1.63. The van der Waals surface area contributed by atoms with Crippen molar-refractivity contribution in [3.05, 3.63) is 0 Å². The molecule has 0 rings (SSSR count). The van der Waals surface area contributed by atoms with Crippen LogP contribution in [0.25, 0.3) is 0 Å². The Hall–Kier alpha value is -1.06. The number of carbonyl (C=O) groups is 2. The summed E-state index contributed by atoms with van der Waals surface area (Å²) in [5.41, 5.74) is -0.525.